The van der Waals surface area contributed by atoms with Crippen LogP contribution >= 0.6 is 0 Å². The van der Waals surface area contributed by atoms with Crippen LogP contribution in [-0.4, -0.2) is 22.2 Å². The molecule has 0 bridgehead atoms. The van der Waals surface area contributed by atoms with Gasteiger partial charge in [-0.25, -0.2) is 9.59 Å². The fraction of sp³-hybridized carbons (Fsp3) is 0.333. The molecule has 2 N–H and O–H groups in total. The van der Waals surface area contributed by atoms with Gasteiger partial charge < -0.3 is 10.2 Å². The number of hydrogen-bond donors (Lipinski definition) is 2. The third kappa shape index (κ3) is 4.37. The summed E-state index contributed by atoms with van der Waals surface area (Å²) >= 11 is 0. The Bertz CT molecular complexity index is 1200. The van der Waals surface area contributed by atoms with E-state index in [1.165, 1.54) is 28.3 Å². The Labute approximate surface area is 202 Å². The zero-order chi connectivity index (χ0) is 25.5. The molecule has 0 saturated carbocycles. The van der Waals surface area contributed by atoms with E-state index in [1.807, 2.05) is 19.9 Å². The number of carboxylic acids is 2. The molecule has 0 fully saturated rings. The van der Waals surface area contributed by atoms with Gasteiger partial charge in [0.25, 0.3) is 0 Å². The lowest BCUT2D eigenvalue weighted by atomic mass is 9.79. The summed E-state index contributed by atoms with van der Waals surface area (Å²) in [5.74, 6) is -2.65. The molecule has 0 aliphatic rings. The molecule has 3 rings (SSSR count). The van der Waals surface area contributed by atoms with Crippen LogP contribution in [0.3, 0.4) is 0 Å². The van der Waals surface area contributed by atoms with Gasteiger partial charge in [0.2, 0.25) is 0 Å². The minimum absolute atomic E-state index is 0.0373. The summed E-state index contributed by atoms with van der Waals surface area (Å²) in [6.45, 7) is 16.4. The Morgan fingerprint density at radius 3 is 1.24 bits per heavy atom. The third-order valence-corrected chi connectivity index (χ3v) is 7.75. The molecular formula is C30H34O4. The van der Waals surface area contributed by atoms with Gasteiger partial charge in [0.1, 0.15) is 0 Å². The Hall–Kier alpha value is -3.40. The average Bonchev–Trinajstić information content (AvgIpc) is 2.79. The lowest BCUT2D eigenvalue weighted by Gasteiger charge is -2.24. The summed E-state index contributed by atoms with van der Waals surface area (Å²) in [5, 5.41) is 20.0. The van der Waals surface area contributed by atoms with Crippen LogP contribution in [0.4, 0.5) is 0 Å². The van der Waals surface area contributed by atoms with Crippen molar-refractivity contribution < 1.29 is 19.8 Å². The Morgan fingerprint density at radius 2 is 0.912 bits per heavy atom. The van der Waals surface area contributed by atoms with E-state index in [0.29, 0.717) is 11.1 Å². The number of carboxylic acid groups (broad SMARTS) is 2. The van der Waals surface area contributed by atoms with Crippen molar-refractivity contribution in [3.63, 3.8) is 0 Å². The third-order valence-electron chi connectivity index (χ3n) is 7.75. The van der Waals surface area contributed by atoms with Crippen molar-refractivity contribution in [3.05, 3.63) is 103 Å². The van der Waals surface area contributed by atoms with E-state index in [9.17, 15) is 19.8 Å². The zero-order valence-corrected chi connectivity index (χ0v) is 21.3. The molecular weight excluding hydrogens is 424 g/mol. The van der Waals surface area contributed by atoms with Crippen LogP contribution in [0.15, 0.2) is 36.4 Å². The molecule has 0 radical (unpaired) electrons. The zero-order valence-electron chi connectivity index (χ0n) is 21.3. The molecule has 178 valence electrons. The molecule has 3 aromatic rings. The highest BCUT2D eigenvalue weighted by molar-refractivity contribution is 5.96. The maximum atomic E-state index is 12.2. The molecule has 3 aromatic carbocycles. The standard InChI is InChI=1S/C30H34O4/c1-15-9-11-23(19(5)17(15)3)21(7)25-13-26(28(30(33)34)14-27(25)29(31)32)22(8)24-12-10-16(2)18(4)20(24)6/h9-14,21-22H,1-8H3,(H,31,32)(H,33,34). The van der Waals surface area contributed by atoms with E-state index < -0.39 is 11.9 Å². The van der Waals surface area contributed by atoms with Gasteiger partial charge >= 0.3 is 11.9 Å². The predicted molar refractivity (Wildman–Crippen MR) is 137 cm³/mol. The SMILES string of the molecule is Cc1ccc(C(C)c2cc(C(C)c3ccc(C)c(C)c3C)c(C(=O)O)cc2C(=O)O)c(C)c1C. The van der Waals surface area contributed by atoms with E-state index in [2.05, 4.69) is 65.8 Å². The summed E-state index contributed by atoms with van der Waals surface area (Å²) in [6, 6.07) is 11.4. The first-order valence-electron chi connectivity index (χ1n) is 11.6. The molecule has 0 spiro atoms. The number of aryl methyl sites for hydroxylation is 2. The number of benzene rings is 3. The lowest BCUT2D eigenvalue weighted by Crippen LogP contribution is -2.15. The summed E-state index contributed by atoms with van der Waals surface area (Å²) in [7, 11) is 0. The molecule has 0 saturated heterocycles. The normalized spacial score (nSPS) is 12.9. The van der Waals surface area contributed by atoms with Gasteiger partial charge in [-0.05, 0) is 103 Å². The second kappa shape index (κ2) is 9.46. The fourth-order valence-electron chi connectivity index (χ4n) is 4.95. The van der Waals surface area contributed by atoms with Crippen molar-refractivity contribution in [1.82, 2.24) is 0 Å². The van der Waals surface area contributed by atoms with Crippen LogP contribution in [-0.2, 0) is 0 Å². The highest BCUT2D eigenvalue weighted by Crippen LogP contribution is 2.37. The Morgan fingerprint density at radius 1 is 0.559 bits per heavy atom. The van der Waals surface area contributed by atoms with Gasteiger partial charge in [0.05, 0.1) is 11.1 Å². The molecule has 0 aliphatic carbocycles. The van der Waals surface area contributed by atoms with Gasteiger partial charge in [-0.3, -0.25) is 0 Å². The predicted octanol–water partition coefficient (Wildman–Crippen LogP) is 7.24. The number of carbonyl (C=O) groups is 2. The monoisotopic (exact) mass is 458 g/mol. The van der Waals surface area contributed by atoms with Crippen molar-refractivity contribution in [2.75, 3.05) is 0 Å². The first-order chi connectivity index (χ1) is 15.9. The van der Waals surface area contributed by atoms with Gasteiger partial charge in [-0.2, -0.15) is 0 Å². The number of hydrogen-bond acceptors (Lipinski definition) is 2. The van der Waals surface area contributed by atoms with Crippen molar-refractivity contribution in [3.8, 4) is 0 Å². The lowest BCUT2D eigenvalue weighted by molar-refractivity contribution is 0.0694. The minimum atomic E-state index is -1.12. The molecule has 34 heavy (non-hydrogen) atoms. The van der Waals surface area contributed by atoms with Gasteiger partial charge in [-0.1, -0.05) is 44.2 Å². The summed E-state index contributed by atoms with van der Waals surface area (Å²) < 4.78 is 0. The molecule has 4 nitrogen and oxygen atoms in total. The van der Waals surface area contributed by atoms with Gasteiger partial charge in [0, 0.05) is 11.8 Å². The van der Waals surface area contributed by atoms with Crippen LogP contribution in [0, 0.1) is 41.5 Å². The molecule has 0 amide bonds. The topological polar surface area (TPSA) is 74.6 Å². The van der Waals surface area contributed by atoms with Gasteiger partial charge in [0.15, 0.2) is 0 Å². The van der Waals surface area contributed by atoms with Crippen LogP contribution < -0.4 is 0 Å². The van der Waals surface area contributed by atoms with E-state index in [4.69, 9.17) is 0 Å². The van der Waals surface area contributed by atoms with Crippen LogP contribution in [0.25, 0.3) is 0 Å². The fourth-order valence-corrected chi connectivity index (χ4v) is 4.95. The van der Waals surface area contributed by atoms with Crippen LogP contribution in [0.1, 0.15) is 102 Å². The van der Waals surface area contributed by atoms with Crippen molar-refractivity contribution >= 4 is 11.9 Å². The molecule has 0 aliphatic heterocycles. The highest BCUT2D eigenvalue weighted by Gasteiger charge is 2.27. The smallest absolute Gasteiger partial charge is 0.336 e. The van der Waals surface area contributed by atoms with E-state index >= 15 is 0 Å². The minimum Gasteiger partial charge on any atom is -0.478 e. The maximum absolute atomic E-state index is 12.2. The molecule has 2 unspecified atom stereocenters. The number of aromatic carboxylic acids is 2. The molecule has 0 heterocycles. The largest absolute Gasteiger partial charge is 0.478 e. The first kappa shape index (κ1) is 25.2. The summed E-state index contributed by atoms with van der Waals surface area (Å²) in [4.78, 5) is 24.5. The highest BCUT2D eigenvalue weighted by atomic mass is 16.4. The maximum Gasteiger partial charge on any atom is 0.336 e. The average molecular weight is 459 g/mol. The summed E-state index contributed by atoms with van der Waals surface area (Å²) in [6.07, 6.45) is 0. The van der Waals surface area contributed by atoms with Crippen LogP contribution in [0.2, 0.25) is 0 Å². The quantitative estimate of drug-likeness (QED) is 0.408. The summed E-state index contributed by atoms with van der Waals surface area (Å²) in [5.41, 5.74) is 10.4. The number of rotatable bonds is 6. The van der Waals surface area contributed by atoms with Crippen molar-refractivity contribution in [2.45, 2.75) is 67.2 Å². The Balaban J connectivity index is 2.29. The molecule has 2 atom stereocenters. The Kier molecular flexibility index (Phi) is 7.02. The second-order valence-corrected chi connectivity index (χ2v) is 9.52. The van der Waals surface area contributed by atoms with Crippen molar-refractivity contribution in [2.24, 2.45) is 0 Å². The second-order valence-electron chi connectivity index (χ2n) is 9.52. The van der Waals surface area contributed by atoms with Crippen molar-refractivity contribution in [1.29, 1.82) is 0 Å². The first-order valence-corrected chi connectivity index (χ1v) is 11.6. The van der Waals surface area contributed by atoms with Gasteiger partial charge in [-0.15, -0.1) is 0 Å². The van der Waals surface area contributed by atoms with E-state index in [1.54, 1.807) is 0 Å². The van der Waals surface area contributed by atoms with E-state index in [-0.39, 0.29) is 23.0 Å². The van der Waals surface area contributed by atoms with E-state index in [0.717, 1.165) is 22.3 Å². The van der Waals surface area contributed by atoms with Crippen LogP contribution in [0.5, 0.6) is 0 Å². The molecule has 0 aromatic heterocycles. The molecule has 4 heteroatoms.